The molecule has 3 aromatic carbocycles. The summed E-state index contributed by atoms with van der Waals surface area (Å²) >= 11 is 0. The monoisotopic (exact) mass is 576 g/mol. The van der Waals surface area contributed by atoms with Crippen molar-refractivity contribution in [2.45, 2.75) is 31.4 Å². The van der Waals surface area contributed by atoms with E-state index in [9.17, 15) is 44.1 Å². The molecule has 1 amide bonds. The van der Waals surface area contributed by atoms with Gasteiger partial charge in [-0.1, -0.05) is 36.4 Å². The van der Waals surface area contributed by atoms with Crippen LogP contribution >= 0.6 is 0 Å². The maximum Gasteiger partial charge on any atom is 0.416 e. The first-order chi connectivity index (χ1) is 18.0. The molecule has 1 atom stereocenters. The van der Waals surface area contributed by atoms with Crippen molar-refractivity contribution in [1.29, 1.82) is 0 Å². The molecule has 39 heavy (non-hydrogen) atoms. The molecule has 0 aromatic heterocycles. The minimum Gasteiger partial charge on any atom is -0.489 e. The number of hydrogen-bond donors (Lipinski definition) is 3. The first kappa shape index (κ1) is 29.8. The van der Waals surface area contributed by atoms with Crippen molar-refractivity contribution in [2.75, 3.05) is 11.5 Å². The lowest BCUT2D eigenvalue weighted by atomic mass is 9.98. The van der Waals surface area contributed by atoms with E-state index in [1.54, 1.807) is 6.07 Å². The first-order valence-corrected chi connectivity index (χ1v) is 12.7. The number of benzene rings is 3. The van der Waals surface area contributed by atoms with Crippen LogP contribution < -0.4 is 15.8 Å². The van der Waals surface area contributed by atoms with Gasteiger partial charge in [-0.25, -0.2) is 0 Å². The van der Waals surface area contributed by atoms with Crippen LogP contribution in [-0.2, 0) is 40.4 Å². The van der Waals surface area contributed by atoms with Gasteiger partial charge in [0.25, 0.3) is 10.1 Å². The fraction of sp³-hybridized carbons (Fsp3) is 0.240. The Morgan fingerprint density at radius 3 is 2.08 bits per heavy atom. The van der Waals surface area contributed by atoms with Crippen LogP contribution in [0.4, 0.5) is 32.0 Å². The number of nitrogens with two attached hydrogens (primary N) is 1. The molecular formula is C25H22F6N2O5S. The molecule has 0 saturated carbocycles. The lowest BCUT2D eigenvalue weighted by Crippen LogP contribution is -2.33. The predicted molar refractivity (Wildman–Crippen MR) is 129 cm³/mol. The summed E-state index contributed by atoms with van der Waals surface area (Å²) in [6.07, 6.45) is -9.30. The van der Waals surface area contributed by atoms with Crippen LogP contribution in [0.2, 0.25) is 0 Å². The Kier molecular flexibility index (Phi) is 8.80. The van der Waals surface area contributed by atoms with E-state index < -0.39 is 57.7 Å². The van der Waals surface area contributed by atoms with Crippen LogP contribution in [0.25, 0.3) is 0 Å². The normalized spacial score (nSPS) is 13.1. The quantitative estimate of drug-likeness (QED) is 0.184. The van der Waals surface area contributed by atoms with Gasteiger partial charge in [0.05, 0.1) is 22.8 Å². The number of ether oxygens (including phenoxy) is 1. The number of para-hydroxylation sites is 1. The number of rotatable bonds is 9. The number of anilines is 1. The Balaban J connectivity index is 1.84. The summed E-state index contributed by atoms with van der Waals surface area (Å²) in [5, 5.41) is 2.41. The molecule has 14 heteroatoms. The molecule has 0 radical (unpaired) electrons. The van der Waals surface area contributed by atoms with Crippen molar-refractivity contribution in [2.24, 2.45) is 0 Å². The number of carbonyl (C=O) groups is 1. The van der Waals surface area contributed by atoms with Gasteiger partial charge in [0.2, 0.25) is 5.91 Å². The van der Waals surface area contributed by atoms with Crippen LogP contribution in [0, 0.1) is 0 Å². The molecule has 1 unspecified atom stereocenters. The summed E-state index contributed by atoms with van der Waals surface area (Å²) < 4.78 is 116. The maximum absolute atomic E-state index is 13.3. The molecule has 0 spiro atoms. The van der Waals surface area contributed by atoms with Crippen LogP contribution in [0.3, 0.4) is 0 Å². The second-order valence-electron chi connectivity index (χ2n) is 8.45. The topological polar surface area (TPSA) is 119 Å². The van der Waals surface area contributed by atoms with E-state index in [1.807, 2.05) is 0 Å². The standard InChI is InChI=1S/C25H22F6N2O5S/c26-24(27,28)17-8-5-15(6-9-17)13-38-22-11-18(25(29,30)31)10-7-16(22)12-33-23(34)20(14-39(35,36)37)19-3-1-2-4-21(19)32/h1-11,20H,12-14,32H2,(H,33,34)(H,35,36,37). The molecule has 210 valence electrons. The van der Waals surface area contributed by atoms with E-state index in [2.05, 4.69) is 5.32 Å². The molecule has 0 saturated heterocycles. The van der Waals surface area contributed by atoms with Gasteiger partial charge in [-0.3, -0.25) is 9.35 Å². The largest absolute Gasteiger partial charge is 0.489 e. The van der Waals surface area contributed by atoms with Crippen molar-refractivity contribution in [3.05, 3.63) is 94.5 Å². The van der Waals surface area contributed by atoms with Crippen molar-refractivity contribution in [3.63, 3.8) is 0 Å². The summed E-state index contributed by atoms with van der Waals surface area (Å²) in [5.74, 6) is -3.64. The van der Waals surface area contributed by atoms with Gasteiger partial charge in [0, 0.05) is 17.8 Å². The summed E-state index contributed by atoms with van der Waals surface area (Å²) in [7, 11) is -4.63. The molecule has 0 fully saturated rings. The van der Waals surface area contributed by atoms with E-state index in [4.69, 9.17) is 10.5 Å². The number of amides is 1. The lowest BCUT2D eigenvalue weighted by Gasteiger charge is -2.19. The first-order valence-electron chi connectivity index (χ1n) is 11.1. The molecule has 0 bridgehead atoms. The van der Waals surface area contributed by atoms with Gasteiger partial charge >= 0.3 is 12.4 Å². The fourth-order valence-corrected chi connectivity index (χ4v) is 4.37. The zero-order chi connectivity index (χ0) is 29.0. The van der Waals surface area contributed by atoms with E-state index in [1.165, 1.54) is 18.2 Å². The average Bonchev–Trinajstić information content (AvgIpc) is 2.84. The Labute approximate surface area is 219 Å². The molecule has 0 aliphatic rings. The summed E-state index contributed by atoms with van der Waals surface area (Å²) in [4.78, 5) is 12.9. The number of halogens is 6. The van der Waals surface area contributed by atoms with Crippen LogP contribution in [0.15, 0.2) is 66.7 Å². The van der Waals surface area contributed by atoms with Gasteiger partial charge in [-0.05, 0) is 41.5 Å². The van der Waals surface area contributed by atoms with Gasteiger partial charge in [-0.15, -0.1) is 0 Å². The van der Waals surface area contributed by atoms with Crippen molar-refractivity contribution < 1.29 is 48.8 Å². The van der Waals surface area contributed by atoms with Gasteiger partial charge in [-0.2, -0.15) is 34.8 Å². The maximum atomic E-state index is 13.3. The van der Waals surface area contributed by atoms with E-state index in [0.29, 0.717) is 6.07 Å². The van der Waals surface area contributed by atoms with E-state index >= 15 is 0 Å². The third-order valence-electron chi connectivity index (χ3n) is 5.59. The zero-order valence-corrected chi connectivity index (χ0v) is 20.7. The van der Waals surface area contributed by atoms with Crippen LogP contribution in [0.1, 0.15) is 33.7 Å². The molecule has 0 aliphatic carbocycles. The van der Waals surface area contributed by atoms with Crippen molar-refractivity contribution in [1.82, 2.24) is 5.32 Å². The summed E-state index contributed by atoms with van der Waals surface area (Å²) in [5.41, 5.74) is 4.36. The highest BCUT2D eigenvalue weighted by Gasteiger charge is 2.32. The predicted octanol–water partition coefficient (Wildman–Crippen LogP) is 5.17. The molecule has 3 rings (SSSR count). The molecule has 4 N–H and O–H groups in total. The summed E-state index contributed by atoms with van der Waals surface area (Å²) in [6, 6.07) is 12.2. The Morgan fingerprint density at radius 2 is 1.51 bits per heavy atom. The third kappa shape index (κ3) is 8.35. The van der Waals surface area contributed by atoms with Crippen LogP contribution in [-0.4, -0.2) is 24.6 Å². The SMILES string of the molecule is Nc1ccccc1C(CS(=O)(=O)O)C(=O)NCc1ccc(C(F)(F)F)cc1OCc1ccc(C(F)(F)F)cc1. The average molecular weight is 577 g/mol. The number of nitrogen functional groups attached to an aromatic ring is 1. The Hall–Kier alpha value is -3.78. The zero-order valence-electron chi connectivity index (χ0n) is 19.9. The minimum atomic E-state index is -4.74. The Bertz CT molecular complexity index is 1420. The van der Waals surface area contributed by atoms with Gasteiger partial charge in [0.1, 0.15) is 12.4 Å². The molecular weight excluding hydrogens is 554 g/mol. The van der Waals surface area contributed by atoms with E-state index in [-0.39, 0.29) is 34.7 Å². The highest BCUT2D eigenvalue weighted by atomic mass is 32.2. The Morgan fingerprint density at radius 1 is 0.923 bits per heavy atom. The molecule has 0 aliphatic heterocycles. The lowest BCUT2D eigenvalue weighted by molar-refractivity contribution is -0.138. The highest BCUT2D eigenvalue weighted by Crippen LogP contribution is 2.34. The van der Waals surface area contributed by atoms with E-state index in [0.717, 1.165) is 36.4 Å². The molecule has 0 heterocycles. The second kappa shape index (κ2) is 11.5. The fourth-order valence-electron chi connectivity index (χ4n) is 3.61. The number of nitrogens with one attached hydrogen (secondary N) is 1. The number of hydrogen-bond acceptors (Lipinski definition) is 5. The highest BCUT2D eigenvalue weighted by molar-refractivity contribution is 7.85. The smallest absolute Gasteiger partial charge is 0.416 e. The molecule has 3 aromatic rings. The third-order valence-corrected chi connectivity index (χ3v) is 6.34. The van der Waals surface area contributed by atoms with Crippen molar-refractivity contribution in [3.8, 4) is 5.75 Å². The minimum absolute atomic E-state index is 0.0647. The summed E-state index contributed by atoms with van der Waals surface area (Å²) in [6.45, 7) is -0.791. The van der Waals surface area contributed by atoms with Crippen molar-refractivity contribution >= 4 is 21.7 Å². The number of carbonyl (C=O) groups excluding carboxylic acids is 1. The van der Waals surface area contributed by atoms with Crippen LogP contribution in [0.5, 0.6) is 5.75 Å². The second-order valence-corrected chi connectivity index (χ2v) is 9.95. The molecule has 7 nitrogen and oxygen atoms in total. The van der Waals surface area contributed by atoms with Gasteiger partial charge in [0.15, 0.2) is 0 Å². The number of alkyl halides is 6. The van der Waals surface area contributed by atoms with Gasteiger partial charge < -0.3 is 15.8 Å².